The Balaban J connectivity index is 2.09. The van der Waals surface area contributed by atoms with Crippen LogP contribution in [0.3, 0.4) is 0 Å². The molecule has 0 spiro atoms. The number of carboxylic acids is 1. The van der Waals surface area contributed by atoms with Crippen molar-refractivity contribution in [2.75, 3.05) is 0 Å². The van der Waals surface area contributed by atoms with E-state index in [2.05, 4.69) is 5.32 Å². The zero-order valence-corrected chi connectivity index (χ0v) is 13.8. The molecule has 2 rings (SSSR count). The molecule has 0 aromatic heterocycles. The van der Waals surface area contributed by atoms with Crippen molar-refractivity contribution in [2.24, 2.45) is 0 Å². The van der Waals surface area contributed by atoms with Crippen LogP contribution in [0.25, 0.3) is 6.08 Å². The van der Waals surface area contributed by atoms with E-state index in [4.69, 9.17) is 9.84 Å². The van der Waals surface area contributed by atoms with E-state index >= 15 is 0 Å². The van der Waals surface area contributed by atoms with Gasteiger partial charge in [-0.25, -0.2) is 4.79 Å². The maximum absolute atomic E-state index is 11.1. The summed E-state index contributed by atoms with van der Waals surface area (Å²) in [5.41, 5.74) is 1.04. The van der Waals surface area contributed by atoms with E-state index in [1.54, 1.807) is 36.4 Å². The monoisotopic (exact) mass is 356 g/mol. The molecule has 26 heavy (non-hydrogen) atoms. The highest BCUT2D eigenvalue weighted by atomic mass is 16.6. The molecule has 0 atom stereocenters. The van der Waals surface area contributed by atoms with Gasteiger partial charge in [-0.1, -0.05) is 12.1 Å². The van der Waals surface area contributed by atoms with E-state index in [0.717, 1.165) is 5.56 Å². The number of aliphatic carboxylic acids is 1. The van der Waals surface area contributed by atoms with E-state index < -0.39 is 16.8 Å². The van der Waals surface area contributed by atoms with E-state index in [0.29, 0.717) is 11.3 Å². The predicted octanol–water partition coefficient (Wildman–Crippen LogP) is 2.74. The van der Waals surface area contributed by atoms with Gasteiger partial charge in [0, 0.05) is 19.1 Å². The smallest absolute Gasteiger partial charge is 0.352 e. The molecule has 0 aliphatic heterocycles. The molecule has 2 aromatic carbocycles. The minimum atomic E-state index is -1.25. The second kappa shape index (κ2) is 8.43. The average Bonchev–Trinajstić information content (AvgIpc) is 2.59. The molecule has 0 radical (unpaired) electrons. The molecular weight excluding hydrogens is 340 g/mol. The van der Waals surface area contributed by atoms with Gasteiger partial charge in [0.2, 0.25) is 5.91 Å². The molecule has 0 fully saturated rings. The van der Waals surface area contributed by atoms with Gasteiger partial charge in [0.15, 0.2) is 0 Å². The number of hydrogen-bond acceptors (Lipinski definition) is 5. The first-order valence-corrected chi connectivity index (χ1v) is 7.54. The zero-order valence-electron chi connectivity index (χ0n) is 13.8. The summed E-state index contributed by atoms with van der Waals surface area (Å²) in [7, 11) is 0. The van der Waals surface area contributed by atoms with Crippen LogP contribution in [0.1, 0.15) is 18.1 Å². The van der Waals surface area contributed by atoms with Crippen molar-refractivity contribution in [1.82, 2.24) is 5.32 Å². The van der Waals surface area contributed by atoms with Crippen molar-refractivity contribution in [3.63, 3.8) is 0 Å². The fourth-order valence-corrected chi connectivity index (χ4v) is 2.08. The number of nitro groups is 1. The summed E-state index contributed by atoms with van der Waals surface area (Å²) in [4.78, 5) is 32.4. The molecule has 2 aromatic rings. The van der Waals surface area contributed by atoms with Crippen LogP contribution >= 0.6 is 0 Å². The molecule has 0 heterocycles. The van der Waals surface area contributed by atoms with E-state index in [1.165, 1.54) is 25.1 Å². The Labute approximate surface area is 148 Å². The summed E-state index contributed by atoms with van der Waals surface area (Å²) in [5.74, 6) is -1.24. The van der Waals surface area contributed by atoms with Crippen LogP contribution in [0.5, 0.6) is 5.75 Å². The van der Waals surface area contributed by atoms with Crippen LogP contribution in [0.15, 0.2) is 54.2 Å². The van der Waals surface area contributed by atoms with E-state index in [9.17, 15) is 19.7 Å². The molecule has 8 heteroatoms. The van der Waals surface area contributed by atoms with Gasteiger partial charge in [-0.05, 0) is 41.5 Å². The maximum Gasteiger partial charge on any atom is 0.352 e. The number of benzene rings is 2. The molecule has 0 aliphatic rings. The molecule has 0 aliphatic carbocycles. The Morgan fingerprint density at radius 1 is 1.23 bits per heavy atom. The lowest BCUT2D eigenvalue weighted by molar-refractivity contribution is -0.384. The third kappa shape index (κ3) is 5.45. The van der Waals surface area contributed by atoms with Gasteiger partial charge in [0.25, 0.3) is 5.69 Å². The number of rotatable bonds is 7. The number of carbonyl (C=O) groups excluding carboxylic acids is 1. The van der Waals surface area contributed by atoms with E-state index in [-0.39, 0.29) is 18.0 Å². The Morgan fingerprint density at radius 3 is 2.50 bits per heavy atom. The lowest BCUT2D eigenvalue weighted by atomic mass is 10.1. The molecule has 1 amide bonds. The first-order chi connectivity index (χ1) is 12.3. The van der Waals surface area contributed by atoms with Gasteiger partial charge in [-0.2, -0.15) is 0 Å². The van der Waals surface area contributed by atoms with Gasteiger partial charge in [0.05, 0.1) is 4.92 Å². The second-order valence-electron chi connectivity index (χ2n) is 5.33. The minimum absolute atomic E-state index is 0.0000518. The third-order valence-corrected chi connectivity index (χ3v) is 3.26. The zero-order chi connectivity index (χ0) is 19.1. The third-order valence-electron chi connectivity index (χ3n) is 3.26. The predicted molar refractivity (Wildman–Crippen MR) is 93.3 cm³/mol. The summed E-state index contributed by atoms with van der Waals surface area (Å²) in [5, 5.41) is 22.0. The molecular formula is C18H16N2O6. The quantitative estimate of drug-likeness (QED) is 0.447. The molecule has 8 nitrogen and oxygen atoms in total. The fraction of sp³-hybridized carbons (Fsp3) is 0.111. The number of amides is 1. The van der Waals surface area contributed by atoms with Gasteiger partial charge in [-0.15, -0.1) is 0 Å². The van der Waals surface area contributed by atoms with Crippen LogP contribution in [-0.4, -0.2) is 21.9 Å². The number of nitro benzene ring substituents is 1. The van der Waals surface area contributed by atoms with Crippen molar-refractivity contribution in [3.05, 3.63) is 75.5 Å². The number of ether oxygens (including phenoxy) is 1. The van der Waals surface area contributed by atoms with Crippen molar-refractivity contribution >= 4 is 23.6 Å². The van der Waals surface area contributed by atoms with Crippen molar-refractivity contribution in [1.29, 1.82) is 0 Å². The highest BCUT2D eigenvalue weighted by Gasteiger charge is 2.09. The Kier molecular flexibility index (Phi) is 6.05. The van der Waals surface area contributed by atoms with Gasteiger partial charge in [0.1, 0.15) is 18.1 Å². The van der Waals surface area contributed by atoms with Crippen LogP contribution in [0.4, 0.5) is 5.69 Å². The number of nitrogens with one attached hydrogen (secondary N) is 1. The summed E-state index contributed by atoms with van der Waals surface area (Å²) < 4.78 is 5.62. The fourth-order valence-electron chi connectivity index (χ4n) is 2.08. The SMILES string of the molecule is CC(=O)N/C(=C/c1cccc(OCc2ccc([N+](=O)[O-])cc2)c1)C(=O)O. The van der Waals surface area contributed by atoms with Crippen molar-refractivity contribution < 1.29 is 24.4 Å². The number of hydrogen-bond donors (Lipinski definition) is 2. The maximum atomic E-state index is 11.1. The second-order valence-corrected chi connectivity index (χ2v) is 5.33. The Hall–Kier alpha value is -3.68. The molecule has 0 saturated carbocycles. The van der Waals surface area contributed by atoms with E-state index in [1.807, 2.05) is 0 Å². The van der Waals surface area contributed by atoms with Gasteiger partial charge >= 0.3 is 5.97 Å². The lowest BCUT2D eigenvalue weighted by Crippen LogP contribution is -2.24. The van der Waals surface area contributed by atoms with Gasteiger partial charge in [-0.3, -0.25) is 14.9 Å². The molecule has 0 saturated heterocycles. The Bertz CT molecular complexity index is 858. The average molecular weight is 356 g/mol. The van der Waals surface area contributed by atoms with Gasteiger partial charge < -0.3 is 15.2 Å². The standard InChI is InChI=1S/C18H16N2O6/c1-12(21)19-17(18(22)23)10-14-3-2-4-16(9-14)26-11-13-5-7-15(8-6-13)20(24)25/h2-10H,11H2,1H3,(H,19,21)(H,22,23)/b17-10+. The van der Waals surface area contributed by atoms with Crippen molar-refractivity contribution in [3.8, 4) is 5.75 Å². The summed E-state index contributed by atoms with van der Waals surface area (Å²) in [6, 6.07) is 12.7. The highest BCUT2D eigenvalue weighted by molar-refractivity contribution is 5.96. The first-order valence-electron chi connectivity index (χ1n) is 7.54. The topological polar surface area (TPSA) is 119 Å². The van der Waals surface area contributed by atoms with Crippen LogP contribution in [0.2, 0.25) is 0 Å². The first kappa shape index (κ1) is 18.7. The van der Waals surface area contributed by atoms with Crippen LogP contribution < -0.4 is 10.1 Å². The molecule has 0 bridgehead atoms. The summed E-state index contributed by atoms with van der Waals surface area (Å²) in [6.45, 7) is 1.42. The molecule has 0 unspecified atom stereocenters. The number of carboxylic acid groups (broad SMARTS) is 1. The Morgan fingerprint density at radius 2 is 1.92 bits per heavy atom. The number of carbonyl (C=O) groups is 2. The normalized spacial score (nSPS) is 10.9. The number of non-ortho nitro benzene ring substituents is 1. The summed E-state index contributed by atoms with van der Waals surface area (Å²) >= 11 is 0. The highest BCUT2D eigenvalue weighted by Crippen LogP contribution is 2.18. The minimum Gasteiger partial charge on any atom is -0.489 e. The molecule has 2 N–H and O–H groups in total. The van der Waals surface area contributed by atoms with Crippen LogP contribution in [-0.2, 0) is 16.2 Å². The van der Waals surface area contributed by atoms with Crippen LogP contribution in [0, 0.1) is 10.1 Å². The summed E-state index contributed by atoms with van der Waals surface area (Å²) in [6.07, 6.45) is 1.32. The number of nitrogens with zero attached hydrogens (tertiary/aromatic N) is 1. The largest absolute Gasteiger partial charge is 0.489 e. The van der Waals surface area contributed by atoms with Crippen molar-refractivity contribution in [2.45, 2.75) is 13.5 Å². The molecule has 134 valence electrons. The lowest BCUT2D eigenvalue weighted by Gasteiger charge is -2.08.